The Morgan fingerprint density at radius 1 is 1.56 bits per heavy atom. The van der Waals surface area contributed by atoms with E-state index in [1.807, 2.05) is 0 Å². The number of benzene rings is 1. The quantitative estimate of drug-likeness (QED) is 0.837. The summed E-state index contributed by atoms with van der Waals surface area (Å²) in [5.41, 5.74) is 5.46. The van der Waals surface area contributed by atoms with Gasteiger partial charge in [-0.1, -0.05) is 37.4 Å². The number of halogens is 2. The van der Waals surface area contributed by atoms with E-state index in [1.54, 1.807) is 0 Å². The van der Waals surface area contributed by atoms with Crippen molar-refractivity contribution in [2.24, 2.45) is 5.73 Å². The van der Waals surface area contributed by atoms with E-state index in [2.05, 4.69) is 12.2 Å². The lowest BCUT2D eigenvalue weighted by molar-refractivity contribution is 0.0932. The summed E-state index contributed by atoms with van der Waals surface area (Å²) in [6, 6.07) is 4.02. The van der Waals surface area contributed by atoms with Gasteiger partial charge in [-0.25, -0.2) is 4.39 Å². The zero-order chi connectivity index (χ0) is 13.5. The van der Waals surface area contributed by atoms with E-state index in [9.17, 15) is 9.18 Å². The fourth-order valence-corrected chi connectivity index (χ4v) is 1.92. The molecule has 0 fully saturated rings. The fourth-order valence-electron chi connectivity index (χ4n) is 1.67. The van der Waals surface area contributed by atoms with Crippen LogP contribution in [0, 0.1) is 5.82 Å². The second kappa shape index (κ2) is 7.34. The van der Waals surface area contributed by atoms with Gasteiger partial charge in [-0.15, -0.1) is 0 Å². The third-order valence-electron chi connectivity index (χ3n) is 2.72. The highest BCUT2D eigenvalue weighted by Gasteiger charge is 2.18. The standard InChI is InChI=1S/C13H18ClFN2O/c1-2-3-5-9(8-16)17-13(18)12-10(14)6-4-7-11(12)15/h4,6-7,9H,2-3,5,8,16H2,1H3,(H,17,18). The lowest BCUT2D eigenvalue weighted by Gasteiger charge is -2.17. The summed E-state index contributed by atoms with van der Waals surface area (Å²) in [6.45, 7) is 2.39. The number of carbonyl (C=O) groups is 1. The highest BCUT2D eigenvalue weighted by atomic mass is 35.5. The number of rotatable bonds is 6. The van der Waals surface area contributed by atoms with E-state index < -0.39 is 11.7 Å². The molecule has 1 aromatic carbocycles. The van der Waals surface area contributed by atoms with Gasteiger partial charge in [0.2, 0.25) is 0 Å². The molecule has 0 heterocycles. The molecule has 0 aliphatic heterocycles. The van der Waals surface area contributed by atoms with Crippen molar-refractivity contribution < 1.29 is 9.18 Å². The van der Waals surface area contributed by atoms with E-state index in [0.29, 0.717) is 6.54 Å². The summed E-state index contributed by atoms with van der Waals surface area (Å²) in [5.74, 6) is -1.13. The monoisotopic (exact) mass is 272 g/mol. The lowest BCUT2D eigenvalue weighted by Crippen LogP contribution is -2.40. The third-order valence-corrected chi connectivity index (χ3v) is 3.03. The summed E-state index contributed by atoms with van der Waals surface area (Å²) in [6.07, 6.45) is 2.77. The normalized spacial score (nSPS) is 12.2. The number of unbranched alkanes of at least 4 members (excludes halogenated alkanes) is 1. The van der Waals surface area contributed by atoms with E-state index in [0.717, 1.165) is 19.3 Å². The number of amides is 1. The molecule has 1 atom stereocenters. The van der Waals surface area contributed by atoms with Crippen molar-refractivity contribution in [1.82, 2.24) is 5.32 Å². The van der Waals surface area contributed by atoms with Crippen LogP contribution in [0.1, 0.15) is 36.5 Å². The van der Waals surface area contributed by atoms with E-state index in [-0.39, 0.29) is 16.6 Å². The molecule has 0 radical (unpaired) electrons. The third kappa shape index (κ3) is 3.96. The number of nitrogens with two attached hydrogens (primary N) is 1. The average molecular weight is 273 g/mol. The van der Waals surface area contributed by atoms with Crippen LogP contribution in [0.5, 0.6) is 0 Å². The maximum Gasteiger partial charge on any atom is 0.256 e. The van der Waals surface area contributed by atoms with Crippen LogP contribution < -0.4 is 11.1 Å². The van der Waals surface area contributed by atoms with Crippen molar-refractivity contribution in [3.63, 3.8) is 0 Å². The first kappa shape index (κ1) is 14.9. The minimum absolute atomic E-state index is 0.110. The van der Waals surface area contributed by atoms with Crippen LogP contribution in [0.25, 0.3) is 0 Å². The number of hydrogen-bond acceptors (Lipinski definition) is 2. The fraction of sp³-hybridized carbons (Fsp3) is 0.462. The van der Waals surface area contributed by atoms with E-state index >= 15 is 0 Å². The van der Waals surface area contributed by atoms with Gasteiger partial charge < -0.3 is 11.1 Å². The zero-order valence-corrected chi connectivity index (χ0v) is 11.1. The second-order valence-corrected chi connectivity index (χ2v) is 4.55. The van der Waals surface area contributed by atoms with Crippen LogP contribution in [0.3, 0.4) is 0 Å². The van der Waals surface area contributed by atoms with Gasteiger partial charge in [0.05, 0.1) is 10.6 Å². The van der Waals surface area contributed by atoms with Crippen LogP contribution in [0.4, 0.5) is 4.39 Å². The van der Waals surface area contributed by atoms with Crippen molar-refractivity contribution in [3.05, 3.63) is 34.6 Å². The number of hydrogen-bond donors (Lipinski definition) is 2. The van der Waals surface area contributed by atoms with Crippen LogP contribution in [-0.2, 0) is 0 Å². The van der Waals surface area contributed by atoms with Crippen molar-refractivity contribution >= 4 is 17.5 Å². The summed E-state index contributed by atoms with van der Waals surface area (Å²) in [5, 5.41) is 2.82. The SMILES string of the molecule is CCCCC(CN)NC(=O)c1c(F)cccc1Cl. The lowest BCUT2D eigenvalue weighted by atomic mass is 10.1. The minimum Gasteiger partial charge on any atom is -0.348 e. The molecule has 3 N–H and O–H groups in total. The molecule has 0 aromatic heterocycles. The van der Waals surface area contributed by atoms with Crippen LogP contribution >= 0.6 is 11.6 Å². The first-order valence-corrected chi connectivity index (χ1v) is 6.42. The van der Waals surface area contributed by atoms with Gasteiger partial charge in [0.25, 0.3) is 5.91 Å². The van der Waals surface area contributed by atoms with Gasteiger partial charge in [0.15, 0.2) is 0 Å². The molecule has 3 nitrogen and oxygen atoms in total. The highest BCUT2D eigenvalue weighted by Crippen LogP contribution is 2.19. The van der Waals surface area contributed by atoms with E-state index in [1.165, 1.54) is 18.2 Å². The molecule has 100 valence electrons. The molecule has 1 aromatic rings. The first-order valence-electron chi connectivity index (χ1n) is 6.05. The summed E-state index contributed by atoms with van der Waals surface area (Å²) >= 11 is 5.82. The molecule has 0 saturated carbocycles. The van der Waals surface area contributed by atoms with Crippen molar-refractivity contribution in [1.29, 1.82) is 0 Å². The highest BCUT2D eigenvalue weighted by molar-refractivity contribution is 6.33. The number of carbonyl (C=O) groups excluding carboxylic acids is 1. The molecule has 18 heavy (non-hydrogen) atoms. The maximum atomic E-state index is 13.5. The van der Waals surface area contributed by atoms with E-state index in [4.69, 9.17) is 17.3 Å². The van der Waals surface area contributed by atoms with Gasteiger partial charge in [0.1, 0.15) is 5.82 Å². The summed E-state index contributed by atoms with van der Waals surface area (Å²) in [7, 11) is 0. The molecule has 0 saturated heterocycles. The zero-order valence-electron chi connectivity index (χ0n) is 10.4. The minimum atomic E-state index is -0.619. The summed E-state index contributed by atoms with van der Waals surface area (Å²) in [4.78, 5) is 11.9. The molecule has 1 amide bonds. The largest absolute Gasteiger partial charge is 0.348 e. The smallest absolute Gasteiger partial charge is 0.256 e. The van der Waals surface area contributed by atoms with Gasteiger partial charge in [0, 0.05) is 12.6 Å². The van der Waals surface area contributed by atoms with Crippen molar-refractivity contribution in [3.8, 4) is 0 Å². The molecule has 1 unspecified atom stereocenters. The first-order chi connectivity index (χ1) is 8.60. The average Bonchev–Trinajstić information content (AvgIpc) is 2.34. The second-order valence-electron chi connectivity index (χ2n) is 4.14. The Balaban J connectivity index is 2.75. The van der Waals surface area contributed by atoms with Gasteiger partial charge >= 0.3 is 0 Å². The Morgan fingerprint density at radius 3 is 2.83 bits per heavy atom. The molecule has 5 heteroatoms. The molecule has 0 bridgehead atoms. The molecule has 1 rings (SSSR count). The Labute approximate surface area is 112 Å². The summed E-state index contributed by atoms with van der Waals surface area (Å²) < 4.78 is 13.5. The Bertz CT molecular complexity index is 392. The van der Waals surface area contributed by atoms with Crippen LogP contribution in [0.15, 0.2) is 18.2 Å². The Hall–Kier alpha value is -1.13. The van der Waals surface area contributed by atoms with Crippen molar-refractivity contribution in [2.75, 3.05) is 6.54 Å². The van der Waals surface area contributed by atoms with Crippen LogP contribution in [0.2, 0.25) is 5.02 Å². The molecule has 0 aliphatic carbocycles. The van der Waals surface area contributed by atoms with Gasteiger partial charge in [-0.3, -0.25) is 4.79 Å². The molecular formula is C13H18ClFN2O. The Kier molecular flexibility index (Phi) is 6.09. The Morgan fingerprint density at radius 2 is 2.28 bits per heavy atom. The van der Waals surface area contributed by atoms with Crippen LogP contribution in [-0.4, -0.2) is 18.5 Å². The predicted octanol–water partition coefficient (Wildman–Crippen LogP) is 2.73. The van der Waals surface area contributed by atoms with Gasteiger partial charge in [-0.2, -0.15) is 0 Å². The molecule has 0 spiro atoms. The van der Waals surface area contributed by atoms with Crippen molar-refractivity contribution in [2.45, 2.75) is 32.2 Å². The topological polar surface area (TPSA) is 55.1 Å². The predicted molar refractivity (Wildman–Crippen MR) is 71.2 cm³/mol. The van der Waals surface area contributed by atoms with Gasteiger partial charge in [-0.05, 0) is 18.6 Å². The molecular weight excluding hydrogens is 255 g/mol. The maximum absolute atomic E-state index is 13.5. The number of nitrogens with one attached hydrogen (secondary N) is 1. The molecule has 0 aliphatic rings.